The van der Waals surface area contributed by atoms with Crippen molar-refractivity contribution in [2.24, 2.45) is 21.5 Å². The molecule has 8 nitrogen and oxygen atoms in total. The number of hydrogen-bond donors (Lipinski definition) is 2. The van der Waals surface area contributed by atoms with Crippen LogP contribution in [0.2, 0.25) is 0 Å². The van der Waals surface area contributed by atoms with Crippen molar-refractivity contribution in [3.63, 3.8) is 0 Å². The maximum absolute atomic E-state index is 6.01. The molecule has 0 bridgehead atoms. The van der Waals surface area contributed by atoms with Gasteiger partial charge in [0.05, 0.1) is 26.4 Å². The fourth-order valence-electron chi connectivity index (χ4n) is 2.79. The number of rotatable bonds is 6. The summed E-state index contributed by atoms with van der Waals surface area (Å²) in [5.74, 6) is 1.22. The van der Waals surface area contributed by atoms with Crippen LogP contribution in [0.1, 0.15) is 19.3 Å². The van der Waals surface area contributed by atoms with E-state index in [0.29, 0.717) is 45.7 Å². The van der Waals surface area contributed by atoms with E-state index in [-0.39, 0.29) is 28.9 Å². The van der Waals surface area contributed by atoms with Crippen molar-refractivity contribution in [1.29, 1.82) is 0 Å². The van der Waals surface area contributed by atoms with Crippen molar-refractivity contribution in [3.05, 3.63) is 28.7 Å². The van der Waals surface area contributed by atoms with E-state index in [1.165, 1.54) is 0 Å². The third-order valence-electron chi connectivity index (χ3n) is 4.02. The number of benzene rings is 1. The minimum atomic E-state index is -0.624. The van der Waals surface area contributed by atoms with Crippen molar-refractivity contribution in [2.45, 2.75) is 24.9 Å². The molecule has 2 aliphatic heterocycles. The van der Waals surface area contributed by atoms with Gasteiger partial charge in [-0.3, -0.25) is 4.84 Å². The van der Waals surface area contributed by atoms with Crippen molar-refractivity contribution >= 4 is 44.8 Å². The molecule has 0 atom stereocenters. The van der Waals surface area contributed by atoms with Gasteiger partial charge in [0.15, 0.2) is 5.66 Å². The molecule has 0 aliphatic carbocycles. The minimum Gasteiger partial charge on any atom is -0.494 e. The van der Waals surface area contributed by atoms with Crippen LogP contribution < -0.4 is 16.2 Å². The Kier molecular flexibility index (Phi) is 7.69. The summed E-state index contributed by atoms with van der Waals surface area (Å²) in [6.07, 6.45) is 2.00. The molecule has 144 valence electrons. The van der Waals surface area contributed by atoms with Gasteiger partial charge in [-0.2, -0.15) is 10.1 Å². The summed E-state index contributed by atoms with van der Waals surface area (Å²) in [7, 11) is 0. The van der Waals surface area contributed by atoms with E-state index < -0.39 is 5.66 Å². The topological polar surface area (TPSA) is 108 Å². The molecular formula is C16H23Br2N5O3. The zero-order valence-corrected chi connectivity index (χ0v) is 17.6. The van der Waals surface area contributed by atoms with Gasteiger partial charge in [0.25, 0.3) is 0 Å². The zero-order chi connectivity index (χ0) is 17.7. The maximum atomic E-state index is 6.01. The quantitative estimate of drug-likeness (QED) is 0.589. The lowest BCUT2D eigenvalue weighted by atomic mass is 10.0. The Bertz CT molecular complexity index is 648. The highest BCUT2D eigenvalue weighted by molar-refractivity contribution is 9.10. The van der Waals surface area contributed by atoms with Gasteiger partial charge in [-0.05, 0) is 24.3 Å². The van der Waals surface area contributed by atoms with E-state index >= 15 is 0 Å². The number of guanidine groups is 2. The molecule has 1 fully saturated rings. The van der Waals surface area contributed by atoms with Gasteiger partial charge < -0.3 is 20.9 Å². The molecular weight excluding hydrogens is 470 g/mol. The predicted molar refractivity (Wildman–Crippen MR) is 108 cm³/mol. The summed E-state index contributed by atoms with van der Waals surface area (Å²) >= 11 is 3.39. The van der Waals surface area contributed by atoms with Gasteiger partial charge in [-0.1, -0.05) is 15.9 Å². The molecule has 10 heteroatoms. The molecule has 3 rings (SSSR count). The van der Waals surface area contributed by atoms with Crippen molar-refractivity contribution in [3.8, 4) is 5.75 Å². The average Bonchev–Trinajstić information content (AvgIpc) is 2.59. The van der Waals surface area contributed by atoms with Crippen LogP contribution in [0.25, 0.3) is 0 Å². The van der Waals surface area contributed by atoms with Gasteiger partial charge in [0, 0.05) is 23.7 Å². The molecule has 0 radical (unpaired) electrons. The lowest BCUT2D eigenvalue weighted by Crippen LogP contribution is -2.59. The Hall–Kier alpha value is -1.36. The number of nitrogens with two attached hydrogens (primary N) is 2. The molecule has 0 unspecified atom stereocenters. The van der Waals surface area contributed by atoms with Crippen LogP contribution in [0.5, 0.6) is 5.75 Å². The van der Waals surface area contributed by atoms with Gasteiger partial charge in [-0.15, -0.1) is 17.0 Å². The maximum Gasteiger partial charge on any atom is 0.226 e. The SMILES string of the molecule is Br.NC1=NC2(CCOCC2)N(OCCCOc2ccc(Br)cc2)C(N)=N1. The second kappa shape index (κ2) is 9.54. The predicted octanol–water partition coefficient (Wildman–Crippen LogP) is 2.18. The van der Waals surface area contributed by atoms with E-state index in [2.05, 4.69) is 25.9 Å². The van der Waals surface area contributed by atoms with E-state index in [4.69, 9.17) is 25.8 Å². The number of ether oxygens (including phenoxy) is 2. The van der Waals surface area contributed by atoms with Crippen LogP contribution >= 0.6 is 32.9 Å². The molecule has 1 saturated heterocycles. The third kappa shape index (κ3) is 5.09. The summed E-state index contributed by atoms with van der Waals surface area (Å²) in [6.45, 7) is 2.13. The number of aliphatic imine (C=N–C) groups is 2. The molecule has 4 N–H and O–H groups in total. The molecule has 0 aromatic heterocycles. The Balaban J connectivity index is 0.00000243. The Morgan fingerprint density at radius 2 is 1.85 bits per heavy atom. The lowest BCUT2D eigenvalue weighted by molar-refractivity contribution is -0.190. The summed E-state index contributed by atoms with van der Waals surface area (Å²) in [5.41, 5.74) is 11.2. The van der Waals surface area contributed by atoms with Crippen LogP contribution in [0.15, 0.2) is 38.7 Å². The van der Waals surface area contributed by atoms with Crippen LogP contribution in [0.3, 0.4) is 0 Å². The highest BCUT2D eigenvalue weighted by atomic mass is 79.9. The molecule has 1 aromatic carbocycles. The molecule has 2 aliphatic rings. The number of hydroxylamine groups is 2. The average molecular weight is 493 g/mol. The van der Waals surface area contributed by atoms with Crippen LogP contribution in [-0.4, -0.2) is 49.1 Å². The fraction of sp³-hybridized carbons (Fsp3) is 0.500. The van der Waals surface area contributed by atoms with Gasteiger partial charge in [-0.25, -0.2) is 4.99 Å². The number of halogens is 2. The normalized spacial score (nSPS) is 18.7. The largest absolute Gasteiger partial charge is 0.494 e. The summed E-state index contributed by atoms with van der Waals surface area (Å²) in [4.78, 5) is 14.4. The number of nitrogens with zero attached hydrogens (tertiary/aromatic N) is 3. The van der Waals surface area contributed by atoms with Gasteiger partial charge in [0.1, 0.15) is 5.75 Å². The first-order valence-corrected chi connectivity index (χ1v) is 8.97. The molecule has 1 spiro atoms. The van der Waals surface area contributed by atoms with Gasteiger partial charge in [0.2, 0.25) is 11.9 Å². The summed E-state index contributed by atoms with van der Waals surface area (Å²) < 4.78 is 12.1. The molecule has 0 amide bonds. The first-order chi connectivity index (χ1) is 12.1. The molecule has 1 aromatic rings. The first-order valence-electron chi connectivity index (χ1n) is 8.18. The smallest absolute Gasteiger partial charge is 0.226 e. The highest BCUT2D eigenvalue weighted by Crippen LogP contribution is 2.31. The molecule has 0 saturated carbocycles. The van der Waals surface area contributed by atoms with E-state index in [0.717, 1.165) is 10.2 Å². The lowest BCUT2D eigenvalue weighted by Gasteiger charge is -2.43. The Labute approximate surface area is 171 Å². The van der Waals surface area contributed by atoms with Crippen LogP contribution in [0.4, 0.5) is 0 Å². The van der Waals surface area contributed by atoms with Gasteiger partial charge >= 0.3 is 0 Å². The first kappa shape index (κ1) is 20.9. The molecule has 2 heterocycles. The summed E-state index contributed by atoms with van der Waals surface area (Å²) in [6, 6.07) is 7.70. The van der Waals surface area contributed by atoms with E-state index in [1.807, 2.05) is 24.3 Å². The third-order valence-corrected chi connectivity index (χ3v) is 4.55. The fourth-order valence-corrected chi connectivity index (χ4v) is 3.06. The Morgan fingerprint density at radius 1 is 1.15 bits per heavy atom. The monoisotopic (exact) mass is 491 g/mol. The van der Waals surface area contributed by atoms with Crippen LogP contribution in [0, 0.1) is 0 Å². The highest BCUT2D eigenvalue weighted by Gasteiger charge is 2.43. The van der Waals surface area contributed by atoms with Crippen molar-refractivity contribution < 1.29 is 14.3 Å². The summed E-state index contributed by atoms with van der Waals surface area (Å²) in [5, 5.41) is 1.57. The Morgan fingerprint density at radius 3 is 2.54 bits per heavy atom. The zero-order valence-electron chi connectivity index (χ0n) is 14.3. The number of hydrogen-bond acceptors (Lipinski definition) is 8. The molecule has 26 heavy (non-hydrogen) atoms. The van der Waals surface area contributed by atoms with Crippen molar-refractivity contribution in [1.82, 2.24) is 5.06 Å². The van der Waals surface area contributed by atoms with E-state index in [1.54, 1.807) is 5.06 Å². The minimum absolute atomic E-state index is 0. The van der Waals surface area contributed by atoms with Crippen LogP contribution in [-0.2, 0) is 9.57 Å². The second-order valence-electron chi connectivity index (χ2n) is 5.82. The van der Waals surface area contributed by atoms with E-state index in [9.17, 15) is 0 Å². The van der Waals surface area contributed by atoms with Crippen molar-refractivity contribution in [2.75, 3.05) is 26.4 Å². The standard InChI is InChI=1S/C16H22BrN5O3.BrH/c17-12-2-4-13(5-3-12)24-8-1-9-25-22-15(19)20-14(18)21-16(22)6-10-23-11-7-16;/h2-5H,1,6-11H2,(H4,18,19,20,21);1H. The second-order valence-corrected chi connectivity index (χ2v) is 6.73.